The first kappa shape index (κ1) is 13.0. The second-order valence-corrected chi connectivity index (χ2v) is 6.26. The van der Waals surface area contributed by atoms with Gasteiger partial charge in [-0.15, -0.1) is 0 Å². The Labute approximate surface area is 109 Å². The highest BCUT2D eigenvalue weighted by Crippen LogP contribution is 2.32. The van der Waals surface area contributed by atoms with Crippen LogP contribution in [0.5, 0.6) is 0 Å². The SMILES string of the molecule is CC(CCN)c1ccc(C2CCSCC2)cc1. The molecular formula is C15H23NS. The first-order valence-electron chi connectivity index (χ1n) is 6.69. The van der Waals surface area contributed by atoms with Crippen molar-refractivity contribution in [1.29, 1.82) is 0 Å². The molecule has 0 saturated carbocycles. The average Bonchev–Trinajstić information content (AvgIpc) is 2.40. The van der Waals surface area contributed by atoms with Crippen molar-refractivity contribution in [3.63, 3.8) is 0 Å². The topological polar surface area (TPSA) is 26.0 Å². The molecule has 0 aromatic heterocycles. The van der Waals surface area contributed by atoms with E-state index in [1.54, 1.807) is 0 Å². The monoisotopic (exact) mass is 249 g/mol. The molecule has 1 aromatic carbocycles. The molecule has 1 saturated heterocycles. The number of rotatable bonds is 4. The number of nitrogens with two attached hydrogens (primary N) is 1. The van der Waals surface area contributed by atoms with E-state index >= 15 is 0 Å². The standard InChI is InChI=1S/C15H23NS/c1-12(6-9-16)13-2-4-14(5-3-13)15-7-10-17-11-8-15/h2-5,12,15H,6-11,16H2,1H3. The molecule has 94 valence electrons. The third-order valence-corrected chi connectivity index (χ3v) is 4.85. The van der Waals surface area contributed by atoms with E-state index in [1.807, 2.05) is 0 Å². The van der Waals surface area contributed by atoms with E-state index in [0.717, 1.165) is 18.9 Å². The lowest BCUT2D eigenvalue weighted by Gasteiger charge is -2.22. The third kappa shape index (κ3) is 3.49. The van der Waals surface area contributed by atoms with Crippen LogP contribution in [0, 0.1) is 0 Å². The van der Waals surface area contributed by atoms with Crippen molar-refractivity contribution in [3.05, 3.63) is 35.4 Å². The number of hydrogen-bond donors (Lipinski definition) is 1. The summed E-state index contributed by atoms with van der Waals surface area (Å²) in [6, 6.07) is 9.28. The van der Waals surface area contributed by atoms with Gasteiger partial charge in [0.05, 0.1) is 0 Å². The summed E-state index contributed by atoms with van der Waals surface area (Å²) in [4.78, 5) is 0. The van der Waals surface area contributed by atoms with Crippen LogP contribution in [0.1, 0.15) is 49.1 Å². The quantitative estimate of drug-likeness (QED) is 0.879. The molecule has 1 heterocycles. The van der Waals surface area contributed by atoms with Crippen LogP contribution >= 0.6 is 11.8 Å². The Kier molecular flexibility index (Phi) is 4.93. The first-order chi connectivity index (χ1) is 8.31. The molecule has 1 atom stereocenters. The Balaban J connectivity index is 2.01. The van der Waals surface area contributed by atoms with E-state index in [1.165, 1.54) is 35.5 Å². The fourth-order valence-corrected chi connectivity index (χ4v) is 3.65. The summed E-state index contributed by atoms with van der Waals surface area (Å²) < 4.78 is 0. The molecule has 0 radical (unpaired) electrons. The highest BCUT2D eigenvalue weighted by molar-refractivity contribution is 7.99. The van der Waals surface area contributed by atoms with E-state index in [2.05, 4.69) is 43.0 Å². The molecule has 1 fully saturated rings. The summed E-state index contributed by atoms with van der Waals surface area (Å²) >= 11 is 2.09. The maximum Gasteiger partial charge on any atom is -0.00617 e. The van der Waals surface area contributed by atoms with Crippen LogP contribution in [0.4, 0.5) is 0 Å². The van der Waals surface area contributed by atoms with Gasteiger partial charge < -0.3 is 5.73 Å². The van der Waals surface area contributed by atoms with Gasteiger partial charge >= 0.3 is 0 Å². The molecular weight excluding hydrogens is 226 g/mol. The van der Waals surface area contributed by atoms with Crippen LogP contribution < -0.4 is 5.73 Å². The van der Waals surface area contributed by atoms with Crippen LogP contribution in [0.2, 0.25) is 0 Å². The number of benzene rings is 1. The van der Waals surface area contributed by atoms with Crippen molar-refractivity contribution in [3.8, 4) is 0 Å². The number of thioether (sulfide) groups is 1. The van der Waals surface area contributed by atoms with Gasteiger partial charge in [0.2, 0.25) is 0 Å². The van der Waals surface area contributed by atoms with Crippen LogP contribution in [0.25, 0.3) is 0 Å². The van der Waals surface area contributed by atoms with Crippen LogP contribution in [-0.4, -0.2) is 18.1 Å². The van der Waals surface area contributed by atoms with Gasteiger partial charge in [0.1, 0.15) is 0 Å². The van der Waals surface area contributed by atoms with Crippen molar-refractivity contribution >= 4 is 11.8 Å². The van der Waals surface area contributed by atoms with Crippen molar-refractivity contribution in [2.75, 3.05) is 18.1 Å². The van der Waals surface area contributed by atoms with E-state index in [9.17, 15) is 0 Å². The molecule has 17 heavy (non-hydrogen) atoms. The Morgan fingerprint density at radius 3 is 2.47 bits per heavy atom. The molecule has 0 bridgehead atoms. The minimum absolute atomic E-state index is 0.593. The lowest BCUT2D eigenvalue weighted by Crippen LogP contribution is -2.08. The molecule has 2 rings (SSSR count). The first-order valence-corrected chi connectivity index (χ1v) is 7.84. The van der Waals surface area contributed by atoms with Crippen LogP contribution in [-0.2, 0) is 0 Å². The Morgan fingerprint density at radius 2 is 1.88 bits per heavy atom. The molecule has 1 aromatic rings. The Bertz CT molecular complexity index is 327. The van der Waals surface area contributed by atoms with Crippen molar-refractivity contribution in [2.45, 2.75) is 38.0 Å². The van der Waals surface area contributed by atoms with Gasteiger partial charge in [-0.25, -0.2) is 0 Å². The molecule has 1 aliphatic rings. The predicted molar refractivity (Wildman–Crippen MR) is 77.8 cm³/mol. The van der Waals surface area contributed by atoms with Gasteiger partial charge in [0, 0.05) is 0 Å². The summed E-state index contributed by atoms with van der Waals surface area (Å²) in [5.74, 6) is 4.05. The Hall–Kier alpha value is -0.470. The fourth-order valence-electron chi connectivity index (χ4n) is 2.54. The predicted octanol–water partition coefficient (Wildman–Crippen LogP) is 3.75. The van der Waals surface area contributed by atoms with Crippen molar-refractivity contribution < 1.29 is 0 Å². The molecule has 0 aliphatic carbocycles. The average molecular weight is 249 g/mol. The van der Waals surface area contributed by atoms with E-state index in [-0.39, 0.29) is 0 Å². The zero-order chi connectivity index (χ0) is 12.1. The summed E-state index contributed by atoms with van der Waals surface area (Å²) in [6.45, 7) is 3.04. The summed E-state index contributed by atoms with van der Waals surface area (Å²) in [6.07, 6.45) is 3.78. The zero-order valence-electron chi connectivity index (χ0n) is 10.7. The van der Waals surface area contributed by atoms with E-state index in [4.69, 9.17) is 5.73 Å². The summed E-state index contributed by atoms with van der Waals surface area (Å²) in [5, 5.41) is 0. The minimum atomic E-state index is 0.593. The number of hydrogen-bond acceptors (Lipinski definition) is 2. The zero-order valence-corrected chi connectivity index (χ0v) is 11.5. The van der Waals surface area contributed by atoms with Gasteiger partial charge in [-0.1, -0.05) is 31.2 Å². The lowest BCUT2D eigenvalue weighted by atomic mass is 9.90. The summed E-state index contributed by atoms with van der Waals surface area (Å²) in [5.41, 5.74) is 8.58. The van der Waals surface area contributed by atoms with Crippen molar-refractivity contribution in [1.82, 2.24) is 0 Å². The van der Waals surface area contributed by atoms with Gasteiger partial charge in [0.25, 0.3) is 0 Å². The van der Waals surface area contributed by atoms with Gasteiger partial charge in [-0.2, -0.15) is 11.8 Å². The highest BCUT2D eigenvalue weighted by atomic mass is 32.2. The second kappa shape index (κ2) is 6.46. The van der Waals surface area contributed by atoms with E-state index in [0.29, 0.717) is 5.92 Å². The normalized spacial score (nSPS) is 19.2. The largest absolute Gasteiger partial charge is 0.330 e. The van der Waals surface area contributed by atoms with Crippen LogP contribution in [0.15, 0.2) is 24.3 Å². The fraction of sp³-hybridized carbons (Fsp3) is 0.600. The maximum atomic E-state index is 5.61. The molecule has 1 nitrogen and oxygen atoms in total. The second-order valence-electron chi connectivity index (χ2n) is 5.03. The molecule has 0 spiro atoms. The molecule has 1 aliphatic heterocycles. The van der Waals surface area contributed by atoms with Gasteiger partial charge in [-0.3, -0.25) is 0 Å². The van der Waals surface area contributed by atoms with Crippen molar-refractivity contribution in [2.24, 2.45) is 5.73 Å². The molecule has 2 heteroatoms. The van der Waals surface area contributed by atoms with Gasteiger partial charge in [-0.05, 0) is 60.3 Å². The molecule has 0 amide bonds. The molecule has 2 N–H and O–H groups in total. The van der Waals surface area contributed by atoms with Gasteiger partial charge in [0.15, 0.2) is 0 Å². The smallest absolute Gasteiger partial charge is 0.00617 e. The minimum Gasteiger partial charge on any atom is -0.330 e. The maximum absolute atomic E-state index is 5.61. The van der Waals surface area contributed by atoms with Crippen LogP contribution in [0.3, 0.4) is 0 Å². The lowest BCUT2D eigenvalue weighted by molar-refractivity contribution is 0.635. The summed E-state index contributed by atoms with van der Waals surface area (Å²) in [7, 11) is 0. The van der Waals surface area contributed by atoms with E-state index < -0.39 is 0 Å². The highest BCUT2D eigenvalue weighted by Gasteiger charge is 2.15. The molecule has 1 unspecified atom stereocenters. The third-order valence-electron chi connectivity index (χ3n) is 3.80. The Morgan fingerprint density at radius 1 is 1.24 bits per heavy atom.